The topological polar surface area (TPSA) is 66.5 Å². The number of nitrogens with zero attached hydrogens (tertiary/aromatic N) is 1. The molecule has 1 aromatic rings. The molecule has 20 heavy (non-hydrogen) atoms. The maximum Gasteiger partial charge on any atom is 0.228 e. The summed E-state index contributed by atoms with van der Waals surface area (Å²) in [5.41, 5.74) is 0. The Balaban J connectivity index is 1.68. The van der Waals surface area contributed by atoms with Crippen LogP contribution in [-0.2, 0) is 21.2 Å². The van der Waals surface area contributed by atoms with E-state index in [1.54, 1.807) is 11.3 Å². The molecular weight excluding hydrogens is 296 g/mol. The quantitative estimate of drug-likeness (QED) is 0.895. The Labute approximate surface area is 123 Å². The molecular formula is C13H18N2O3S2. The summed E-state index contributed by atoms with van der Waals surface area (Å²) in [5.74, 6) is 0.548. The van der Waals surface area contributed by atoms with Crippen LogP contribution >= 0.6 is 11.3 Å². The zero-order valence-corrected chi connectivity index (χ0v) is 12.9. The summed E-state index contributed by atoms with van der Waals surface area (Å²) in [6.45, 7) is 0.775. The van der Waals surface area contributed by atoms with Crippen LogP contribution in [0.15, 0.2) is 17.5 Å². The molecule has 1 saturated heterocycles. The third-order valence-corrected chi connectivity index (χ3v) is 5.68. The van der Waals surface area contributed by atoms with E-state index in [0.717, 1.165) is 24.3 Å². The van der Waals surface area contributed by atoms with Crippen molar-refractivity contribution < 1.29 is 13.2 Å². The van der Waals surface area contributed by atoms with Gasteiger partial charge in [0, 0.05) is 23.5 Å². The van der Waals surface area contributed by atoms with Crippen molar-refractivity contribution >= 4 is 27.3 Å². The van der Waals surface area contributed by atoms with Gasteiger partial charge in [0.2, 0.25) is 15.9 Å². The van der Waals surface area contributed by atoms with E-state index in [1.165, 1.54) is 6.26 Å². The van der Waals surface area contributed by atoms with E-state index < -0.39 is 10.0 Å². The second-order valence-corrected chi connectivity index (χ2v) is 8.52. The molecule has 1 amide bonds. The predicted octanol–water partition coefficient (Wildman–Crippen LogP) is 0.829. The van der Waals surface area contributed by atoms with Crippen molar-refractivity contribution in [3.05, 3.63) is 22.4 Å². The number of sulfonamides is 1. The van der Waals surface area contributed by atoms with E-state index in [9.17, 15) is 13.2 Å². The highest BCUT2D eigenvalue weighted by atomic mass is 32.2. The minimum absolute atomic E-state index is 0.0298. The lowest BCUT2D eigenvalue weighted by Gasteiger charge is -2.33. The molecule has 0 spiro atoms. The van der Waals surface area contributed by atoms with E-state index >= 15 is 0 Å². The fraction of sp³-hybridized carbons (Fsp3) is 0.615. The Morgan fingerprint density at radius 1 is 1.50 bits per heavy atom. The molecule has 1 aliphatic heterocycles. The van der Waals surface area contributed by atoms with Crippen LogP contribution in [0.5, 0.6) is 0 Å². The molecule has 7 heteroatoms. The maximum absolute atomic E-state index is 12.4. The summed E-state index contributed by atoms with van der Waals surface area (Å²) >= 11 is 1.58. The number of fused-ring (bicyclic) bond motifs is 2. The summed E-state index contributed by atoms with van der Waals surface area (Å²) in [4.78, 5) is 15.3. The first-order valence-electron chi connectivity index (χ1n) is 6.71. The van der Waals surface area contributed by atoms with Gasteiger partial charge < -0.3 is 4.90 Å². The molecule has 3 unspecified atom stereocenters. The number of nitrogens with one attached hydrogen (secondary N) is 1. The van der Waals surface area contributed by atoms with E-state index in [2.05, 4.69) is 4.72 Å². The highest BCUT2D eigenvalue weighted by molar-refractivity contribution is 7.88. The third kappa shape index (κ3) is 2.89. The van der Waals surface area contributed by atoms with Gasteiger partial charge in [-0.2, -0.15) is 0 Å². The molecule has 1 aromatic heterocycles. The molecule has 3 rings (SSSR count). The van der Waals surface area contributed by atoms with Gasteiger partial charge in [0.25, 0.3) is 0 Å². The lowest BCUT2D eigenvalue weighted by Crippen LogP contribution is -2.52. The highest BCUT2D eigenvalue weighted by Gasteiger charge is 2.47. The summed E-state index contributed by atoms with van der Waals surface area (Å²) in [7, 11) is -3.21. The van der Waals surface area contributed by atoms with Crippen LogP contribution in [0.2, 0.25) is 0 Å². The average molecular weight is 314 g/mol. The minimum Gasteiger partial charge on any atom is -0.338 e. The van der Waals surface area contributed by atoms with Gasteiger partial charge in [-0.3, -0.25) is 4.79 Å². The van der Waals surface area contributed by atoms with E-state index in [-0.39, 0.29) is 18.0 Å². The van der Waals surface area contributed by atoms with Crippen molar-refractivity contribution in [2.24, 2.45) is 5.92 Å². The van der Waals surface area contributed by atoms with Crippen LogP contribution < -0.4 is 4.72 Å². The van der Waals surface area contributed by atoms with Gasteiger partial charge in [0.05, 0.1) is 12.7 Å². The SMILES string of the molecule is CS(=O)(=O)NC1CC2CC1N(C(=O)Cc1cccs1)C2. The van der Waals surface area contributed by atoms with Crippen LogP contribution in [0.1, 0.15) is 17.7 Å². The van der Waals surface area contributed by atoms with Gasteiger partial charge in [-0.25, -0.2) is 13.1 Å². The molecule has 2 fully saturated rings. The van der Waals surface area contributed by atoms with Crippen LogP contribution in [0.4, 0.5) is 0 Å². The zero-order valence-electron chi connectivity index (χ0n) is 11.3. The standard InChI is InChI=1S/C13H18N2O3S2/c1-20(17,18)14-11-5-9-6-12(11)15(8-9)13(16)7-10-3-2-4-19-10/h2-4,9,11-12,14H,5-8H2,1H3. The second kappa shape index (κ2) is 5.13. The molecule has 2 heterocycles. The monoisotopic (exact) mass is 314 g/mol. The molecule has 3 atom stereocenters. The van der Waals surface area contributed by atoms with Crippen molar-refractivity contribution in [2.75, 3.05) is 12.8 Å². The first-order chi connectivity index (χ1) is 9.42. The molecule has 2 aliphatic rings. The number of piperidine rings is 1. The number of hydrogen-bond acceptors (Lipinski definition) is 4. The second-order valence-electron chi connectivity index (χ2n) is 5.70. The molecule has 1 saturated carbocycles. The Bertz CT molecular complexity index is 597. The predicted molar refractivity (Wildman–Crippen MR) is 78.0 cm³/mol. The van der Waals surface area contributed by atoms with E-state index in [0.29, 0.717) is 12.3 Å². The molecule has 5 nitrogen and oxygen atoms in total. The highest BCUT2D eigenvalue weighted by Crippen LogP contribution is 2.38. The normalized spacial score (nSPS) is 29.1. The lowest BCUT2D eigenvalue weighted by molar-refractivity contribution is -0.132. The Morgan fingerprint density at radius 3 is 2.90 bits per heavy atom. The molecule has 1 N–H and O–H groups in total. The summed E-state index contributed by atoms with van der Waals surface area (Å²) in [6.07, 6.45) is 3.37. The summed E-state index contributed by atoms with van der Waals surface area (Å²) in [5, 5.41) is 1.97. The van der Waals surface area contributed by atoms with Crippen molar-refractivity contribution in [1.29, 1.82) is 0 Å². The smallest absolute Gasteiger partial charge is 0.228 e. The number of likely N-dealkylation sites (tertiary alicyclic amines) is 1. The zero-order chi connectivity index (χ0) is 14.3. The molecule has 0 aromatic carbocycles. The van der Waals surface area contributed by atoms with Crippen LogP contribution in [0.3, 0.4) is 0 Å². The molecule has 2 bridgehead atoms. The Hall–Kier alpha value is -0.920. The number of hydrogen-bond donors (Lipinski definition) is 1. The summed E-state index contributed by atoms with van der Waals surface area (Å²) in [6, 6.07) is 3.82. The largest absolute Gasteiger partial charge is 0.338 e. The van der Waals surface area contributed by atoms with Crippen LogP contribution in [0, 0.1) is 5.92 Å². The van der Waals surface area contributed by atoms with Gasteiger partial charge in [-0.15, -0.1) is 11.3 Å². The van der Waals surface area contributed by atoms with Crippen LogP contribution in [-0.4, -0.2) is 44.1 Å². The number of amides is 1. The average Bonchev–Trinajstić information content (AvgIpc) is 3.01. The van der Waals surface area contributed by atoms with Gasteiger partial charge in [-0.1, -0.05) is 6.07 Å². The van der Waals surface area contributed by atoms with Crippen molar-refractivity contribution in [3.63, 3.8) is 0 Å². The number of thiophene rings is 1. The Kier molecular flexibility index (Phi) is 3.60. The lowest BCUT2D eigenvalue weighted by atomic mass is 10.1. The van der Waals surface area contributed by atoms with Gasteiger partial charge >= 0.3 is 0 Å². The summed E-state index contributed by atoms with van der Waals surface area (Å²) < 4.78 is 25.4. The van der Waals surface area contributed by atoms with E-state index in [4.69, 9.17) is 0 Å². The number of carbonyl (C=O) groups excluding carboxylic acids is 1. The van der Waals surface area contributed by atoms with Crippen LogP contribution in [0.25, 0.3) is 0 Å². The maximum atomic E-state index is 12.4. The van der Waals surface area contributed by atoms with Gasteiger partial charge in [-0.05, 0) is 30.2 Å². The first-order valence-corrected chi connectivity index (χ1v) is 9.48. The molecule has 0 radical (unpaired) electrons. The fourth-order valence-electron chi connectivity index (χ4n) is 3.38. The van der Waals surface area contributed by atoms with Crippen molar-refractivity contribution in [1.82, 2.24) is 9.62 Å². The fourth-order valence-corrected chi connectivity index (χ4v) is 4.88. The number of rotatable bonds is 4. The molecule has 110 valence electrons. The van der Waals surface area contributed by atoms with E-state index in [1.807, 2.05) is 22.4 Å². The minimum atomic E-state index is -3.21. The number of carbonyl (C=O) groups is 1. The van der Waals surface area contributed by atoms with Crippen molar-refractivity contribution in [2.45, 2.75) is 31.3 Å². The first kappa shape index (κ1) is 14.0. The third-order valence-electron chi connectivity index (χ3n) is 4.07. The molecule has 1 aliphatic carbocycles. The van der Waals surface area contributed by atoms with Crippen molar-refractivity contribution in [3.8, 4) is 0 Å². The Morgan fingerprint density at radius 2 is 2.30 bits per heavy atom. The van der Waals surface area contributed by atoms with Gasteiger partial charge in [0.15, 0.2) is 0 Å². The van der Waals surface area contributed by atoms with Gasteiger partial charge in [0.1, 0.15) is 0 Å².